The number of hydrogen-bond donors (Lipinski definition) is 1. The molecule has 0 atom stereocenters. The minimum absolute atomic E-state index is 0.0195. The molecule has 1 amide bonds. The number of carbonyl (C=O) groups is 1. The third kappa shape index (κ3) is 4.75. The van der Waals surface area contributed by atoms with Gasteiger partial charge in [-0.1, -0.05) is 0 Å². The first kappa shape index (κ1) is 19.1. The fourth-order valence-electron chi connectivity index (χ4n) is 2.68. The maximum Gasteiger partial charge on any atom is 0.435 e. The first-order chi connectivity index (χ1) is 12.6. The fourth-order valence-corrected chi connectivity index (χ4v) is 2.68. The topological polar surface area (TPSA) is 56.1 Å². The molecule has 5 nitrogen and oxygen atoms in total. The maximum atomic E-state index is 12.9. The second kappa shape index (κ2) is 7.16. The zero-order valence-corrected chi connectivity index (χ0v) is 14.2. The number of nitrogens with one attached hydrogen (secondary N) is 1. The van der Waals surface area contributed by atoms with Gasteiger partial charge < -0.3 is 10.1 Å². The number of aromatic nitrogens is 2. The zero-order valence-electron chi connectivity index (χ0n) is 14.2. The van der Waals surface area contributed by atoms with Crippen LogP contribution < -0.4 is 10.1 Å². The van der Waals surface area contributed by atoms with Crippen LogP contribution in [0.25, 0.3) is 0 Å². The molecule has 1 aliphatic rings. The number of benzene rings is 1. The lowest BCUT2D eigenvalue weighted by molar-refractivity contribution is -0.141. The molecule has 10 heteroatoms. The number of rotatable bonds is 6. The first-order valence-electron chi connectivity index (χ1n) is 8.13. The summed E-state index contributed by atoms with van der Waals surface area (Å²) in [7, 11) is 0. The molecular weight excluding hydrogens is 373 g/mol. The third-order valence-electron chi connectivity index (χ3n) is 4.09. The largest absolute Gasteiger partial charge is 0.435 e. The van der Waals surface area contributed by atoms with Gasteiger partial charge in [0.25, 0.3) is 0 Å². The van der Waals surface area contributed by atoms with Crippen molar-refractivity contribution in [3.05, 3.63) is 41.2 Å². The number of hydrogen-bond acceptors (Lipinski definition) is 3. The molecule has 0 aliphatic heterocycles. The molecule has 1 N–H and O–H groups in total. The van der Waals surface area contributed by atoms with E-state index in [2.05, 4.69) is 15.2 Å². The van der Waals surface area contributed by atoms with E-state index < -0.39 is 24.4 Å². The van der Waals surface area contributed by atoms with Gasteiger partial charge in [0, 0.05) is 17.3 Å². The highest BCUT2D eigenvalue weighted by molar-refractivity contribution is 5.91. The van der Waals surface area contributed by atoms with Crippen LogP contribution in [0.2, 0.25) is 0 Å². The lowest BCUT2D eigenvalue weighted by Gasteiger charge is -2.12. The van der Waals surface area contributed by atoms with Gasteiger partial charge in [0.15, 0.2) is 5.69 Å². The Labute approximate surface area is 151 Å². The van der Waals surface area contributed by atoms with Crippen molar-refractivity contribution in [2.45, 2.75) is 45.0 Å². The quantitative estimate of drug-likeness (QED) is 0.749. The van der Waals surface area contributed by atoms with Crippen LogP contribution in [0.15, 0.2) is 24.3 Å². The number of alkyl halides is 5. The summed E-state index contributed by atoms with van der Waals surface area (Å²) in [5, 5.41) is 6.07. The third-order valence-corrected chi connectivity index (χ3v) is 4.09. The molecule has 1 fully saturated rings. The van der Waals surface area contributed by atoms with Gasteiger partial charge >= 0.3 is 12.8 Å². The average Bonchev–Trinajstić information content (AvgIpc) is 3.29. The monoisotopic (exact) mass is 389 g/mol. The van der Waals surface area contributed by atoms with Crippen molar-refractivity contribution in [3.63, 3.8) is 0 Å². The van der Waals surface area contributed by atoms with E-state index in [9.17, 15) is 26.7 Å². The Hall–Kier alpha value is -2.65. The highest BCUT2D eigenvalue weighted by Crippen LogP contribution is 2.42. The summed E-state index contributed by atoms with van der Waals surface area (Å²) < 4.78 is 68.4. The molecule has 27 heavy (non-hydrogen) atoms. The molecule has 1 aromatic carbocycles. The minimum Gasteiger partial charge on any atom is -0.435 e. The number of nitrogens with zero attached hydrogens (tertiary/aromatic N) is 2. The molecule has 1 aromatic heterocycles. The van der Waals surface area contributed by atoms with E-state index in [4.69, 9.17) is 0 Å². The summed E-state index contributed by atoms with van der Waals surface area (Å²) in [4.78, 5) is 12.2. The highest BCUT2D eigenvalue weighted by Gasteiger charge is 2.38. The van der Waals surface area contributed by atoms with Gasteiger partial charge in [-0.15, -0.1) is 0 Å². The van der Waals surface area contributed by atoms with Crippen molar-refractivity contribution in [1.29, 1.82) is 0 Å². The van der Waals surface area contributed by atoms with Crippen LogP contribution in [0, 0.1) is 6.92 Å². The molecule has 0 saturated heterocycles. The molecule has 1 saturated carbocycles. The Morgan fingerprint density at radius 3 is 2.59 bits per heavy atom. The standard InChI is InChI=1S/C17H16F5N3O2/c1-9-6-11(27-16(18)19)4-5-12(9)23-15(26)8-25-13(10-2-3-10)7-14(24-25)17(20,21)22/h4-7,10,16H,2-3,8H2,1H3,(H,23,26). The summed E-state index contributed by atoms with van der Waals surface area (Å²) in [6, 6.07) is 4.96. The summed E-state index contributed by atoms with van der Waals surface area (Å²) in [6.07, 6.45) is -3.06. The minimum atomic E-state index is -4.58. The van der Waals surface area contributed by atoms with Crippen molar-refractivity contribution in [3.8, 4) is 5.75 Å². The Morgan fingerprint density at radius 1 is 1.33 bits per heavy atom. The number of halogens is 5. The highest BCUT2D eigenvalue weighted by atomic mass is 19.4. The molecule has 0 bridgehead atoms. The van der Waals surface area contributed by atoms with Crippen LogP contribution in [0.3, 0.4) is 0 Å². The van der Waals surface area contributed by atoms with Crippen molar-refractivity contribution < 1.29 is 31.5 Å². The molecule has 3 rings (SSSR count). The van der Waals surface area contributed by atoms with E-state index in [1.165, 1.54) is 18.2 Å². The normalized spacial score (nSPS) is 14.5. The fraction of sp³-hybridized carbons (Fsp3) is 0.412. The van der Waals surface area contributed by atoms with E-state index in [0.29, 0.717) is 16.9 Å². The van der Waals surface area contributed by atoms with Gasteiger partial charge in [-0.3, -0.25) is 9.48 Å². The van der Waals surface area contributed by atoms with Crippen LogP contribution in [0.1, 0.15) is 35.7 Å². The Bertz CT molecular complexity index is 844. The SMILES string of the molecule is Cc1cc(OC(F)F)ccc1NC(=O)Cn1nc(C(F)(F)F)cc1C1CC1. The lowest BCUT2D eigenvalue weighted by Crippen LogP contribution is -2.21. The first-order valence-corrected chi connectivity index (χ1v) is 8.13. The smallest absolute Gasteiger partial charge is 0.435 e. The van der Waals surface area contributed by atoms with E-state index in [1.54, 1.807) is 6.92 Å². The van der Waals surface area contributed by atoms with Crippen molar-refractivity contribution in [1.82, 2.24) is 9.78 Å². The predicted molar refractivity (Wildman–Crippen MR) is 85.6 cm³/mol. The van der Waals surface area contributed by atoms with Crippen LogP contribution in [0.5, 0.6) is 5.75 Å². The van der Waals surface area contributed by atoms with Crippen LogP contribution in [-0.2, 0) is 17.5 Å². The van der Waals surface area contributed by atoms with Gasteiger partial charge in [0.1, 0.15) is 12.3 Å². The van der Waals surface area contributed by atoms with Gasteiger partial charge in [-0.05, 0) is 49.6 Å². The molecule has 0 unspecified atom stereocenters. The van der Waals surface area contributed by atoms with E-state index in [-0.39, 0.29) is 18.2 Å². The summed E-state index contributed by atoms with van der Waals surface area (Å²) in [6.45, 7) is -1.76. The van der Waals surface area contributed by atoms with Crippen molar-refractivity contribution in [2.75, 3.05) is 5.32 Å². The number of aryl methyl sites for hydroxylation is 1. The van der Waals surface area contributed by atoms with Gasteiger partial charge in [0.2, 0.25) is 5.91 Å². The van der Waals surface area contributed by atoms with Crippen LogP contribution in [-0.4, -0.2) is 22.3 Å². The van der Waals surface area contributed by atoms with Crippen LogP contribution in [0.4, 0.5) is 27.6 Å². The molecule has 146 valence electrons. The molecule has 0 radical (unpaired) electrons. The predicted octanol–water partition coefficient (Wildman–Crippen LogP) is 4.33. The number of amides is 1. The molecule has 2 aromatic rings. The Balaban J connectivity index is 1.72. The number of carbonyl (C=O) groups excluding carboxylic acids is 1. The average molecular weight is 389 g/mol. The molecule has 1 aliphatic carbocycles. The summed E-state index contributed by atoms with van der Waals surface area (Å²) in [5.74, 6) is -0.647. The van der Waals surface area contributed by atoms with Crippen molar-refractivity contribution in [2.24, 2.45) is 0 Å². The maximum absolute atomic E-state index is 12.9. The van der Waals surface area contributed by atoms with E-state index in [1.807, 2.05) is 0 Å². The van der Waals surface area contributed by atoms with E-state index in [0.717, 1.165) is 23.6 Å². The Morgan fingerprint density at radius 2 is 2.04 bits per heavy atom. The zero-order chi connectivity index (χ0) is 19.8. The number of anilines is 1. The summed E-state index contributed by atoms with van der Waals surface area (Å²) >= 11 is 0. The van der Waals surface area contributed by atoms with Crippen LogP contribution >= 0.6 is 0 Å². The molecular formula is C17H16F5N3O2. The number of ether oxygens (including phenoxy) is 1. The van der Waals surface area contributed by atoms with Gasteiger partial charge in [-0.25, -0.2) is 0 Å². The molecule has 0 spiro atoms. The second-order valence-electron chi connectivity index (χ2n) is 6.29. The van der Waals surface area contributed by atoms with Gasteiger partial charge in [0.05, 0.1) is 0 Å². The van der Waals surface area contributed by atoms with Gasteiger partial charge in [-0.2, -0.15) is 27.1 Å². The Kier molecular flexibility index (Phi) is 5.07. The summed E-state index contributed by atoms with van der Waals surface area (Å²) in [5.41, 5.74) is 0.176. The lowest BCUT2D eigenvalue weighted by atomic mass is 10.2. The molecule has 1 heterocycles. The van der Waals surface area contributed by atoms with E-state index >= 15 is 0 Å². The second-order valence-corrected chi connectivity index (χ2v) is 6.29. The van der Waals surface area contributed by atoms with Crippen molar-refractivity contribution >= 4 is 11.6 Å².